The van der Waals surface area contributed by atoms with E-state index < -0.39 is 0 Å². The molecular formula is C21H34N4O3. The summed E-state index contributed by atoms with van der Waals surface area (Å²) in [4.78, 5) is 24.8. The van der Waals surface area contributed by atoms with Crippen molar-refractivity contribution in [2.75, 3.05) is 33.4 Å². The first-order valence-corrected chi connectivity index (χ1v) is 10.5. The van der Waals surface area contributed by atoms with Crippen LogP contribution in [0.15, 0.2) is 12.3 Å². The highest BCUT2D eigenvalue weighted by molar-refractivity contribution is 5.82. The van der Waals surface area contributed by atoms with Gasteiger partial charge in [-0.25, -0.2) is 5.48 Å². The molecule has 156 valence electrons. The van der Waals surface area contributed by atoms with Crippen molar-refractivity contribution in [2.24, 2.45) is 0 Å². The minimum absolute atomic E-state index is 0.000201. The molecule has 0 aromatic carbocycles. The van der Waals surface area contributed by atoms with Gasteiger partial charge in [0.05, 0.1) is 19.8 Å². The van der Waals surface area contributed by atoms with Gasteiger partial charge in [-0.3, -0.25) is 9.78 Å². The van der Waals surface area contributed by atoms with Crippen LogP contribution in [0.25, 0.3) is 0 Å². The van der Waals surface area contributed by atoms with Crippen LogP contribution in [-0.2, 0) is 27.2 Å². The van der Waals surface area contributed by atoms with Crippen LogP contribution in [0.4, 0.5) is 0 Å². The molecule has 1 aromatic heterocycles. The van der Waals surface area contributed by atoms with Gasteiger partial charge < -0.3 is 19.8 Å². The molecule has 2 fully saturated rings. The Bertz CT molecular complexity index is 645. The standard InChI is InChI=1S/C21H34N4O3/c1-4-19-16(6-5-9-24-27-3)12-17(13-23-19)15(2)25(18-7-8-18)21(26)20-14-22-10-11-28-20/h12-13,15,18,20,22,24H,4-11,14H2,1-3H3/t15-,20-/m1/s1. The molecule has 7 heteroatoms. The molecule has 1 amide bonds. The molecule has 1 saturated heterocycles. The van der Waals surface area contributed by atoms with Gasteiger partial charge in [0.1, 0.15) is 6.10 Å². The number of nitrogens with zero attached hydrogens (tertiary/aromatic N) is 2. The maximum Gasteiger partial charge on any atom is 0.253 e. The molecule has 2 heterocycles. The predicted octanol–water partition coefficient (Wildman–Crippen LogP) is 1.77. The van der Waals surface area contributed by atoms with Gasteiger partial charge >= 0.3 is 0 Å². The van der Waals surface area contributed by atoms with Crippen molar-refractivity contribution < 1.29 is 14.4 Å². The summed E-state index contributed by atoms with van der Waals surface area (Å²) < 4.78 is 5.73. The lowest BCUT2D eigenvalue weighted by molar-refractivity contribution is -0.148. The summed E-state index contributed by atoms with van der Waals surface area (Å²) in [6.45, 7) is 7.06. The molecule has 0 bridgehead atoms. The van der Waals surface area contributed by atoms with Gasteiger partial charge in [0, 0.05) is 37.6 Å². The van der Waals surface area contributed by atoms with Crippen molar-refractivity contribution in [1.82, 2.24) is 20.7 Å². The third-order valence-electron chi connectivity index (χ3n) is 5.58. The fourth-order valence-corrected chi connectivity index (χ4v) is 3.86. The first-order chi connectivity index (χ1) is 13.7. The highest BCUT2D eigenvalue weighted by Crippen LogP contribution is 2.35. The second-order valence-corrected chi connectivity index (χ2v) is 7.65. The summed E-state index contributed by atoms with van der Waals surface area (Å²) in [5.41, 5.74) is 6.40. The van der Waals surface area contributed by atoms with Gasteiger partial charge in [-0.15, -0.1) is 0 Å². The minimum Gasteiger partial charge on any atom is -0.366 e. The highest BCUT2D eigenvalue weighted by Gasteiger charge is 2.40. The van der Waals surface area contributed by atoms with Gasteiger partial charge in [-0.2, -0.15) is 0 Å². The van der Waals surface area contributed by atoms with Crippen molar-refractivity contribution in [1.29, 1.82) is 0 Å². The number of carbonyl (C=O) groups excluding carboxylic acids is 1. The van der Waals surface area contributed by atoms with Gasteiger partial charge in [-0.05, 0) is 50.2 Å². The molecule has 0 radical (unpaired) electrons. The van der Waals surface area contributed by atoms with E-state index in [-0.39, 0.29) is 18.1 Å². The van der Waals surface area contributed by atoms with E-state index in [9.17, 15) is 4.79 Å². The van der Waals surface area contributed by atoms with E-state index in [0.29, 0.717) is 19.2 Å². The third-order valence-corrected chi connectivity index (χ3v) is 5.58. The zero-order valence-corrected chi connectivity index (χ0v) is 17.4. The number of pyridine rings is 1. The maximum atomic E-state index is 13.2. The summed E-state index contributed by atoms with van der Waals surface area (Å²) in [5.74, 6) is 0.104. The van der Waals surface area contributed by atoms with Gasteiger partial charge in [0.15, 0.2) is 0 Å². The number of hydrogen-bond donors (Lipinski definition) is 2. The van der Waals surface area contributed by atoms with Gasteiger partial charge in [-0.1, -0.05) is 13.0 Å². The van der Waals surface area contributed by atoms with Crippen LogP contribution in [0.5, 0.6) is 0 Å². The number of amides is 1. The SMILES string of the molecule is CCc1ncc([C@@H](C)N(C(=O)[C@H]2CNCCO2)C2CC2)cc1CCCNOC. The zero-order valence-electron chi connectivity index (χ0n) is 17.4. The number of nitrogens with one attached hydrogen (secondary N) is 2. The van der Waals surface area contributed by atoms with E-state index in [2.05, 4.69) is 30.7 Å². The molecule has 1 aromatic rings. The van der Waals surface area contributed by atoms with Crippen LogP contribution in [-0.4, -0.2) is 61.3 Å². The molecule has 2 N–H and O–H groups in total. The number of carbonyl (C=O) groups is 1. The summed E-state index contributed by atoms with van der Waals surface area (Å²) in [7, 11) is 1.64. The fraction of sp³-hybridized carbons (Fsp3) is 0.714. The third kappa shape index (κ3) is 5.29. The number of morpholine rings is 1. The Morgan fingerprint density at radius 3 is 2.96 bits per heavy atom. The monoisotopic (exact) mass is 390 g/mol. The van der Waals surface area contributed by atoms with Crippen LogP contribution in [0.2, 0.25) is 0 Å². The second kappa shape index (κ2) is 10.3. The lowest BCUT2D eigenvalue weighted by Gasteiger charge is -2.34. The summed E-state index contributed by atoms with van der Waals surface area (Å²) in [6.07, 6.45) is 6.56. The van der Waals surface area contributed by atoms with Crippen molar-refractivity contribution in [2.45, 2.75) is 64.1 Å². The smallest absolute Gasteiger partial charge is 0.253 e. The van der Waals surface area contributed by atoms with E-state index in [1.165, 1.54) is 5.56 Å². The number of aryl methyl sites for hydroxylation is 2. The topological polar surface area (TPSA) is 75.7 Å². The molecule has 0 spiro atoms. The summed E-state index contributed by atoms with van der Waals surface area (Å²) in [5, 5.41) is 3.27. The van der Waals surface area contributed by atoms with Crippen LogP contribution in [0.3, 0.4) is 0 Å². The van der Waals surface area contributed by atoms with Crippen molar-refractivity contribution in [3.63, 3.8) is 0 Å². The molecule has 1 saturated carbocycles. The molecule has 2 aliphatic rings. The Hall–Kier alpha value is -1.54. The Morgan fingerprint density at radius 2 is 2.32 bits per heavy atom. The number of rotatable bonds is 10. The molecule has 1 aliphatic carbocycles. The van der Waals surface area contributed by atoms with Crippen molar-refractivity contribution in [3.8, 4) is 0 Å². The summed E-state index contributed by atoms with van der Waals surface area (Å²) in [6, 6.07) is 2.57. The average Bonchev–Trinajstić information content (AvgIpc) is 3.56. The van der Waals surface area contributed by atoms with Crippen LogP contribution < -0.4 is 10.8 Å². The van der Waals surface area contributed by atoms with E-state index in [0.717, 1.165) is 56.5 Å². The largest absolute Gasteiger partial charge is 0.366 e. The predicted molar refractivity (Wildman–Crippen MR) is 108 cm³/mol. The zero-order chi connectivity index (χ0) is 19.9. The average molecular weight is 391 g/mol. The number of ether oxygens (including phenoxy) is 1. The van der Waals surface area contributed by atoms with E-state index >= 15 is 0 Å². The first-order valence-electron chi connectivity index (χ1n) is 10.5. The normalized spacial score (nSPS) is 20.8. The van der Waals surface area contributed by atoms with E-state index in [1.807, 2.05) is 11.1 Å². The summed E-state index contributed by atoms with van der Waals surface area (Å²) >= 11 is 0. The minimum atomic E-state index is -0.376. The fourth-order valence-electron chi connectivity index (χ4n) is 3.86. The van der Waals surface area contributed by atoms with Crippen molar-refractivity contribution in [3.05, 3.63) is 29.1 Å². The molecule has 3 rings (SSSR count). The number of hydroxylamine groups is 1. The molecule has 2 atom stereocenters. The lowest BCUT2D eigenvalue weighted by atomic mass is 10.00. The maximum absolute atomic E-state index is 13.2. The number of aromatic nitrogens is 1. The lowest BCUT2D eigenvalue weighted by Crippen LogP contribution is -2.50. The van der Waals surface area contributed by atoms with Gasteiger partial charge in [0.2, 0.25) is 0 Å². The Kier molecular flexibility index (Phi) is 7.79. The highest BCUT2D eigenvalue weighted by atomic mass is 16.6. The Morgan fingerprint density at radius 1 is 1.50 bits per heavy atom. The quantitative estimate of drug-likeness (QED) is 0.468. The van der Waals surface area contributed by atoms with E-state index in [4.69, 9.17) is 14.6 Å². The number of hydrogen-bond acceptors (Lipinski definition) is 6. The van der Waals surface area contributed by atoms with Crippen molar-refractivity contribution >= 4 is 5.91 Å². The Labute approximate surface area is 168 Å². The molecular weight excluding hydrogens is 356 g/mol. The van der Waals surface area contributed by atoms with Gasteiger partial charge in [0.25, 0.3) is 5.91 Å². The Balaban J connectivity index is 1.74. The van der Waals surface area contributed by atoms with Crippen LogP contribution in [0, 0.1) is 0 Å². The van der Waals surface area contributed by atoms with Crippen LogP contribution >= 0.6 is 0 Å². The van der Waals surface area contributed by atoms with E-state index in [1.54, 1.807) is 7.11 Å². The second-order valence-electron chi connectivity index (χ2n) is 7.65. The van der Waals surface area contributed by atoms with Crippen LogP contribution in [0.1, 0.15) is 56.0 Å². The molecule has 1 aliphatic heterocycles. The first kappa shape index (κ1) is 21.2. The molecule has 7 nitrogen and oxygen atoms in total. The molecule has 28 heavy (non-hydrogen) atoms. The molecule has 0 unspecified atom stereocenters.